The zero-order chi connectivity index (χ0) is 16.3. The molecule has 0 spiro atoms. The maximum atomic E-state index is 12.1. The van der Waals surface area contributed by atoms with Crippen molar-refractivity contribution >= 4 is 60.7 Å². The molecule has 0 aliphatic rings. The quantitative estimate of drug-likeness (QED) is 0.365. The fraction of sp³-hybridized carbons (Fsp3) is 0.167. The summed E-state index contributed by atoms with van der Waals surface area (Å²) in [7, 11) is -3.51. The van der Waals surface area contributed by atoms with E-state index in [1.165, 1.54) is 24.3 Å². The fourth-order valence-corrected chi connectivity index (χ4v) is 4.42. The van der Waals surface area contributed by atoms with Crippen LogP contribution in [0.25, 0.3) is 0 Å². The highest BCUT2D eigenvalue weighted by atomic mass is 127. The summed E-state index contributed by atoms with van der Waals surface area (Å²) >= 11 is 2.97. The summed E-state index contributed by atoms with van der Waals surface area (Å²) in [5.41, 5.74) is 7.09. The number of carbonyl (C=O) groups excluding carboxylic acids is 1. The molecule has 1 aromatic carbocycles. The number of aromatic nitrogens is 1. The van der Waals surface area contributed by atoms with Crippen LogP contribution in [0.5, 0.6) is 0 Å². The molecule has 7 nitrogen and oxygen atoms in total. The van der Waals surface area contributed by atoms with Crippen LogP contribution in [0.4, 0.5) is 10.7 Å². The molecule has 1 heterocycles. The first-order valence-electron chi connectivity index (χ1n) is 6.04. The standard InChI is InChI=1S/C12H13IN4O3S2/c1-7-10(11(14)21-17-7)12(18)16-8-2-4-9(5-3-8)22(19,20)15-6-13/h2-5,15H,6,14H2,1H3,(H,16,18). The first kappa shape index (κ1) is 17.1. The topological polar surface area (TPSA) is 114 Å². The predicted octanol–water partition coefficient (Wildman–Crippen LogP) is 1.96. The van der Waals surface area contributed by atoms with Crippen LogP contribution in [-0.2, 0) is 10.0 Å². The summed E-state index contributed by atoms with van der Waals surface area (Å²) in [6.45, 7) is 1.70. The van der Waals surface area contributed by atoms with Gasteiger partial charge in [-0.15, -0.1) is 0 Å². The number of nitrogens with one attached hydrogen (secondary N) is 2. The van der Waals surface area contributed by atoms with E-state index >= 15 is 0 Å². The predicted molar refractivity (Wildman–Crippen MR) is 94.9 cm³/mol. The van der Waals surface area contributed by atoms with E-state index in [0.717, 1.165) is 11.5 Å². The number of halogens is 1. The lowest BCUT2D eigenvalue weighted by atomic mass is 10.2. The van der Waals surface area contributed by atoms with Crippen LogP contribution in [0, 0.1) is 6.92 Å². The second kappa shape index (κ2) is 6.89. The average molecular weight is 452 g/mol. The van der Waals surface area contributed by atoms with Crippen molar-refractivity contribution in [2.75, 3.05) is 15.6 Å². The largest absolute Gasteiger partial charge is 0.389 e. The molecule has 1 aromatic heterocycles. The molecule has 0 aliphatic carbocycles. The second-order valence-corrected chi connectivity index (χ2v) is 7.60. The van der Waals surface area contributed by atoms with Crippen LogP contribution in [0.15, 0.2) is 29.2 Å². The highest BCUT2D eigenvalue weighted by Gasteiger charge is 2.17. The van der Waals surface area contributed by atoms with Crippen molar-refractivity contribution in [2.45, 2.75) is 11.8 Å². The smallest absolute Gasteiger partial charge is 0.260 e. The van der Waals surface area contributed by atoms with Crippen LogP contribution >= 0.6 is 34.1 Å². The third-order valence-electron chi connectivity index (χ3n) is 2.78. The van der Waals surface area contributed by atoms with Crippen molar-refractivity contribution in [3.63, 3.8) is 0 Å². The molecular formula is C12H13IN4O3S2. The number of rotatable bonds is 5. The van der Waals surface area contributed by atoms with Crippen molar-refractivity contribution in [2.24, 2.45) is 0 Å². The highest BCUT2D eigenvalue weighted by Crippen LogP contribution is 2.22. The Labute approximate surface area is 145 Å². The summed E-state index contributed by atoms with van der Waals surface area (Å²) in [6.07, 6.45) is 0. The molecule has 0 fully saturated rings. The number of aryl methyl sites for hydroxylation is 1. The third-order valence-corrected chi connectivity index (χ3v) is 5.87. The molecule has 22 heavy (non-hydrogen) atoms. The van der Waals surface area contributed by atoms with Crippen LogP contribution in [0.3, 0.4) is 0 Å². The summed E-state index contributed by atoms with van der Waals surface area (Å²) in [5.74, 6) is -0.371. The van der Waals surface area contributed by atoms with Gasteiger partial charge in [0.1, 0.15) is 5.00 Å². The van der Waals surface area contributed by atoms with Crippen molar-refractivity contribution in [3.05, 3.63) is 35.5 Å². The minimum absolute atomic E-state index is 0.134. The summed E-state index contributed by atoms with van der Waals surface area (Å²) < 4.78 is 30.3. The molecule has 118 valence electrons. The normalized spacial score (nSPS) is 11.4. The number of carbonyl (C=O) groups is 1. The van der Waals surface area contributed by atoms with Crippen LogP contribution in [0.2, 0.25) is 0 Å². The zero-order valence-corrected chi connectivity index (χ0v) is 15.3. The Morgan fingerprint density at radius 2 is 2.00 bits per heavy atom. The monoisotopic (exact) mass is 452 g/mol. The van der Waals surface area contributed by atoms with Gasteiger partial charge >= 0.3 is 0 Å². The van der Waals surface area contributed by atoms with Gasteiger partial charge in [0.2, 0.25) is 10.0 Å². The number of nitrogens with two attached hydrogens (primary N) is 1. The highest BCUT2D eigenvalue weighted by molar-refractivity contribution is 14.1. The van der Waals surface area contributed by atoms with Gasteiger partial charge < -0.3 is 11.1 Å². The van der Waals surface area contributed by atoms with Gasteiger partial charge in [-0.3, -0.25) is 4.79 Å². The maximum absolute atomic E-state index is 12.1. The lowest BCUT2D eigenvalue weighted by Gasteiger charge is -2.07. The first-order chi connectivity index (χ1) is 10.3. The first-order valence-corrected chi connectivity index (χ1v) is 9.82. The molecule has 0 unspecified atom stereocenters. The Balaban J connectivity index is 2.17. The van der Waals surface area contributed by atoms with E-state index in [1.54, 1.807) is 6.92 Å². The van der Waals surface area contributed by atoms with E-state index < -0.39 is 10.0 Å². The summed E-state index contributed by atoms with van der Waals surface area (Å²) in [5, 5.41) is 3.02. The Morgan fingerprint density at radius 1 is 1.36 bits per heavy atom. The molecule has 2 rings (SSSR count). The van der Waals surface area contributed by atoms with Gasteiger partial charge in [0.15, 0.2) is 0 Å². The van der Waals surface area contributed by atoms with E-state index in [0.29, 0.717) is 21.9 Å². The van der Waals surface area contributed by atoms with Gasteiger partial charge in [-0.05, 0) is 42.7 Å². The number of hydrogen-bond donors (Lipinski definition) is 3. The minimum atomic E-state index is -3.51. The maximum Gasteiger partial charge on any atom is 0.260 e. The second-order valence-electron chi connectivity index (χ2n) is 4.27. The average Bonchev–Trinajstić information content (AvgIpc) is 2.78. The van der Waals surface area contributed by atoms with E-state index in [9.17, 15) is 13.2 Å². The van der Waals surface area contributed by atoms with Crippen LogP contribution in [-0.4, -0.2) is 23.3 Å². The van der Waals surface area contributed by atoms with Crippen molar-refractivity contribution in [1.82, 2.24) is 9.10 Å². The molecule has 2 aromatic rings. The number of anilines is 2. The molecule has 1 amide bonds. The number of nitrogen functional groups attached to an aromatic ring is 1. The Kier molecular flexibility index (Phi) is 5.36. The fourth-order valence-electron chi connectivity index (χ4n) is 1.73. The van der Waals surface area contributed by atoms with Gasteiger partial charge in [-0.1, -0.05) is 22.6 Å². The van der Waals surface area contributed by atoms with E-state index in [-0.39, 0.29) is 15.4 Å². The van der Waals surface area contributed by atoms with Crippen molar-refractivity contribution in [3.8, 4) is 0 Å². The lowest BCUT2D eigenvalue weighted by molar-refractivity contribution is 0.102. The SMILES string of the molecule is Cc1nsc(N)c1C(=O)Nc1ccc(S(=O)(=O)NCI)cc1. The van der Waals surface area contributed by atoms with Gasteiger partial charge in [0, 0.05) is 5.69 Å². The van der Waals surface area contributed by atoms with E-state index in [1.807, 2.05) is 22.6 Å². The van der Waals surface area contributed by atoms with Crippen LogP contribution < -0.4 is 15.8 Å². The number of amides is 1. The van der Waals surface area contributed by atoms with Gasteiger partial charge in [-0.25, -0.2) is 13.1 Å². The van der Waals surface area contributed by atoms with Gasteiger partial charge in [0.05, 0.1) is 20.7 Å². The van der Waals surface area contributed by atoms with E-state index in [2.05, 4.69) is 14.4 Å². The number of alkyl halides is 1. The lowest BCUT2D eigenvalue weighted by Crippen LogP contribution is -2.21. The Hall–Kier alpha value is -1.24. The van der Waals surface area contributed by atoms with Gasteiger partial charge in [-0.2, -0.15) is 4.37 Å². The molecule has 0 saturated carbocycles. The van der Waals surface area contributed by atoms with Crippen LogP contribution in [0.1, 0.15) is 16.1 Å². The van der Waals surface area contributed by atoms with Gasteiger partial charge in [0.25, 0.3) is 5.91 Å². The minimum Gasteiger partial charge on any atom is -0.389 e. The Morgan fingerprint density at radius 3 is 2.50 bits per heavy atom. The summed E-state index contributed by atoms with van der Waals surface area (Å²) in [6, 6.07) is 5.88. The van der Waals surface area contributed by atoms with E-state index in [4.69, 9.17) is 5.73 Å². The Bertz CT molecular complexity index is 768. The molecule has 0 radical (unpaired) electrons. The molecule has 4 N–H and O–H groups in total. The molecule has 0 aliphatic heterocycles. The molecular weight excluding hydrogens is 439 g/mol. The number of nitrogens with zero attached hydrogens (tertiary/aromatic N) is 1. The molecule has 0 bridgehead atoms. The zero-order valence-electron chi connectivity index (χ0n) is 11.5. The molecule has 0 saturated heterocycles. The number of sulfonamides is 1. The number of hydrogen-bond acceptors (Lipinski definition) is 6. The molecule has 10 heteroatoms. The molecule has 0 atom stereocenters. The number of benzene rings is 1. The third kappa shape index (κ3) is 3.74. The van der Waals surface area contributed by atoms with Crippen molar-refractivity contribution < 1.29 is 13.2 Å². The van der Waals surface area contributed by atoms with Crippen molar-refractivity contribution in [1.29, 1.82) is 0 Å². The summed E-state index contributed by atoms with van der Waals surface area (Å²) in [4.78, 5) is 12.3.